The third kappa shape index (κ3) is 6.30. The van der Waals surface area contributed by atoms with E-state index in [1.807, 2.05) is 44.2 Å². The maximum Gasteiger partial charge on any atom is 0.0649 e. The molecule has 1 aliphatic carbocycles. The zero-order chi connectivity index (χ0) is 17.9. The Morgan fingerprint density at radius 3 is 2.71 bits per heavy atom. The minimum atomic E-state index is 0.344. The molecule has 0 amide bonds. The van der Waals surface area contributed by atoms with Crippen molar-refractivity contribution < 1.29 is 0 Å². The lowest BCUT2D eigenvalue weighted by atomic mass is 9.98. The fourth-order valence-electron chi connectivity index (χ4n) is 2.21. The summed E-state index contributed by atoms with van der Waals surface area (Å²) in [4.78, 5) is 1.12. The Morgan fingerprint density at radius 2 is 2.17 bits per heavy atom. The van der Waals surface area contributed by atoms with Gasteiger partial charge in [0.1, 0.15) is 0 Å². The second-order valence-corrected chi connectivity index (χ2v) is 6.42. The summed E-state index contributed by atoms with van der Waals surface area (Å²) in [5.41, 5.74) is 2.82. The van der Waals surface area contributed by atoms with Crippen molar-refractivity contribution in [3.63, 3.8) is 0 Å². The van der Waals surface area contributed by atoms with Crippen LogP contribution in [0.4, 0.5) is 0 Å². The molecule has 1 atom stereocenters. The van der Waals surface area contributed by atoms with E-state index in [1.54, 1.807) is 4.41 Å². The molecule has 0 aliphatic heterocycles. The van der Waals surface area contributed by atoms with Gasteiger partial charge >= 0.3 is 0 Å². The highest BCUT2D eigenvalue weighted by molar-refractivity contribution is 8.01. The number of hydrogen-bond acceptors (Lipinski definition) is 4. The molecule has 24 heavy (non-hydrogen) atoms. The Kier molecular flexibility index (Phi) is 9.05. The highest BCUT2D eigenvalue weighted by Gasteiger charge is 2.14. The zero-order valence-corrected chi connectivity index (χ0v) is 15.8. The fraction of sp³-hybridized carbons (Fsp3) is 0.300. The van der Waals surface area contributed by atoms with Crippen LogP contribution in [0, 0.1) is 5.92 Å². The number of rotatable bonds is 9. The molecule has 0 saturated carbocycles. The lowest BCUT2D eigenvalue weighted by Crippen LogP contribution is -2.23. The Hall–Kier alpha value is -1.91. The van der Waals surface area contributed by atoms with Gasteiger partial charge < -0.3 is 5.32 Å². The molecule has 1 rings (SSSR count). The minimum absolute atomic E-state index is 0.344. The first-order valence-corrected chi connectivity index (χ1v) is 8.99. The van der Waals surface area contributed by atoms with Gasteiger partial charge in [-0.05, 0) is 32.8 Å². The molecule has 0 heterocycles. The third-order valence-corrected chi connectivity index (χ3v) is 4.47. The van der Waals surface area contributed by atoms with Gasteiger partial charge in [0.15, 0.2) is 0 Å². The summed E-state index contributed by atoms with van der Waals surface area (Å²) in [6, 6.07) is 0. The average molecular weight is 344 g/mol. The van der Waals surface area contributed by atoms with Crippen LogP contribution in [0.15, 0.2) is 83.6 Å². The summed E-state index contributed by atoms with van der Waals surface area (Å²) in [6.07, 6.45) is 17.3. The van der Waals surface area contributed by atoms with Crippen LogP contribution < -0.4 is 11.2 Å². The van der Waals surface area contributed by atoms with E-state index in [4.69, 9.17) is 5.84 Å². The van der Waals surface area contributed by atoms with Gasteiger partial charge in [0, 0.05) is 35.0 Å². The Morgan fingerprint density at radius 1 is 1.42 bits per heavy atom. The Balaban J connectivity index is 2.68. The van der Waals surface area contributed by atoms with E-state index in [0.717, 1.165) is 34.8 Å². The van der Waals surface area contributed by atoms with Crippen molar-refractivity contribution in [3.8, 4) is 0 Å². The molecule has 3 nitrogen and oxygen atoms in total. The standard InChI is InChI=1S/C20H29N3S/c1-6-9-11-19(10-7-2)17(5)23(21)24-20-14-12-18(13-15-20)16(4)22-8-3/h6-7,9-12,14-15,18,22H,4-5,8,13,21H2,1-3H3/b9-6-,10-7-,19-11+. The lowest BCUT2D eigenvalue weighted by molar-refractivity contribution is 0.632. The van der Waals surface area contributed by atoms with Gasteiger partial charge in [-0.3, -0.25) is 0 Å². The summed E-state index contributed by atoms with van der Waals surface area (Å²) in [7, 11) is 0. The van der Waals surface area contributed by atoms with Crippen LogP contribution in [0.2, 0.25) is 0 Å². The molecule has 0 spiro atoms. The predicted octanol–water partition coefficient (Wildman–Crippen LogP) is 4.99. The maximum atomic E-state index is 6.19. The summed E-state index contributed by atoms with van der Waals surface area (Å²) < 4.78 is 1.62. The van der Waals surface area contributed by atoms with E-state index in [1.165, 1.54) is 11.9 Å². The lowest BCUT2D eigenvalue weighted by Gasteiger charge is -2.23. The monoisotopic (exact) mass is 343 g/mol. The number of nitrogens with two attached hydrogens (primary N) is 1. The van der Waals surface area contributed by atoms with E-state index in [0.29, 0.717) is 5.92 Å². The Bertz CT molecular complexity index is 594. The second-order valence-electron chi connectivity index (χ2n) is 5.37. The van der Waals surface area contributed by atoms with E-state index in [9.17, 15) is 0 Å². The molecule has 0 saturated heterocycles. The van der Waals surface area contributed by atoms with Gasteiger partial charge in [0.2, 0.25) is 0 Å². The van der Waals surface area contributed by atoms with E-state index < -0.39 is 0 Å². The van der Waals surface area contributed by atoms with Crippen molar-refractivity contribution in [1.29, 1.82) is 0 Å². The van der Waals surface area contributed by atoms with Gasteiger partial charge in [-0.2, -0.15) is 0 Å². The van der Waals surface area contributed by atoms with Crippen LogP contribution in [0.1, 0.15) is 27.2 Å². The van der Waals surface area contributed by atoms with Crippen LogP contribution >= 0.6 is 11.9 Å². The largest absolute Gasteiger partial charge is 0.389 e. The number of hydrogen-bond donors (Lipinski definition) is 2. The average Bonchev–Trinajstić information content (AvgIpc) is 2.58. The molecular weight excluding hydrogens is 314 g/mol. The maximum absolute atomic E-state index is 6.19. The van der Waals surface area contributed by atoms with E-state index in [-0.39, 0.29) is 0 Å². The molecule has 0 aromatic heterocycles. The molecular formula is C20H29N3S. The molecule has 130 valence electrons. The van der Waals surface area contributed by atoms with Crippen molar-refractivity contribution in [2.45, 2.75) is 27.2 Å². The predicted molar refractivity (Wildman–Crippen MR) is 109 cm³/mol. The van der Waals surface area contributed by atoms with Crippen LogP contribution in [-0.4, -0.2) is 11.0 Å². The first kappa shape index (κ1) is 20.1. The van der Waals surface area contributed by atoms with Crippen LogP contribution in [0.3, 0.4) is 0 Å². The second kappa shape index (κ2) is 10.8. The molecule has 1 aliphatic rings. The van der Waals surface area contributed by atoms with E-state index in [2.05, 4.69) is 43.6 Å². The highest BCUT2D eigenvalue weighted by atomic mass is 32.2. The number of nitrogens with zero attached hydrogens (tertiary/aromatic N) is 1. The molecule has 0 fully saturated rings. The first-order chi connectivity index (χ1) is 11.5. The van der Waals surface area contributed by atoms with Crippen LogP contribution in [0.5, 0.6) is 0 Å². The molecule has 0 aromatic carbocycles. The summed E-state index contributed by atoms with van der Waals surface area (Å²) >= 11 is 1.48. The SMILES string of the molecule is C=C(NCC)C1C=CC(SN(N)C(=C)C(/C=C\C)=C/C=C\C)=CC1. The van der Waals surface area contributed by atoms with Gasteiger partial charge in [-0.25, -0.2) is 10.3 Å². The summed E-state index contributed by atoms with van der Waals surface area (Å²) in [5.74, 6) is 6.53. The van der Waals surface area contributed by atoms with Crippen molar-refractivity contribution in [3.05, 3.63) is 83.6 Å². The van der Waals surface area contributed by atoms with Crippen molar-refractivity contribution in [2.75, 3.05) is 6.54 Å². The normalized spacial score (nSPS) is 18.1. The number of hydrazine groups is 1. The van der Waals surface area contributed by atoms with Crippen molar-refractivity contribution >= 4 is 11.9 Å². The van der Waals surface area contributed by atoms with Crippen molar-refractivity contribution in [2.24, 2.45) is 11.8 Å². The van der Waals surface area contributed by atoms with Gasteiger partial charge in [-0.15, -0.1) is 0 Å². The molecule has 4 heteroatoms. The summed E-state index contributed by atoms with van der Waals surface area (Å²) in [6.45, 7) is 15.1. The fourth-order valence-corrected chi connectivity index (χ4v) is 2.96. The smallest absolute Gasteiger partial charge is 0.0649 e. The van der Waals surface area contributed by atoms with Gasteiger partial charge in [-0.1, -0.05) is 61.8 Å². The molecule has 1 unspecified atom stereocenters. The Labute approximate surface area is 151 Å². The molecule has 3 N–H and O–H groups in total. The van der Waals surface area contributed by atoms with Crippen molar-refractivity contribution in [1.82, 2.24) is 9.73 Å². The van der Waals surface area contributed by atoms with E-state index >= 15 is 0 Å². The summed E-state index contributed by atoms with van der Waals surface area (Å²) in [5, 5.41) is 3.29. The highest BCUT2D eigenvalue weighted by Crippen LogP contribution is 2.31. The van der Waals surface area contributed by atoms with Gasteiger partial charge in [0.05, 0.1) is 5.70 Å². The quantitative estimate of drug-likeness (QED) is 0.268. The first-order valence-electron chi connectivity index (χ1n) is 8.22. The topological polar surface area (TPSA) is 41.3 Å². The third-order valence-electron chi connectivity index (χ3n) is 3.53. The van der Waals surface area contributed by atoms with Gasteiger partial charge in [0.25, 0.3) is 0 Å². The number of allylic oxidation sites excluding steroid dienone is 8. The van der Waals surface area contributed by atoms with Crippen LogP contribution in [0.25, 0.3) is 0 Å². The zero-order valence-electron chi connectivity index (χ0n) is 15.0. The minimum Gasteiger partial charge on any atom is -0.389 e. The molecule has 0 radical (unpaired) electrons. The molecule has 0 aromatic rings. The van der Waals surface area contributed by atoms with Crippen LogP contribution in [-0.2, 0) is 0 Å². The number of nitrogens with one attached hydrogen (secondary N) is 1. The molecule has 0 bridgehead atoms.